The average Bonchev–Trinajstić information content (AvgIpc) is 2.79. The summed E-state index contributed by atoms with van der Waals surface area (Å²) >= 11 is 0. The van der Waals surface area contributed by atoms with Crippen LogP contribution in [0.4, 0.5) is 4.79 Å². The van der Waals surface area contributed by atoms with Gasteiger partial charge in [0.1, 0.15) is 11.7 Å². The fourth-order valence-corrected chi connectivity index (χ4v) is 3.40. The Hall–Kier alpha value is -2.79. The second-order valence-electron chi connectivity index (χ2n) is 8.36. The van der Waals surface area contributed by atoms with E-state index in [1.807, 2.05) is 20.8 Å². The van der Waals surface area contributed by atoms with Gasteiger partial charge in [-0.1, -0.05) is 32.6 Å². The molecule has 0 spiro atoms. The van der Waals surface area contributed by atoms with E-state index >= 15 is 0 Å². The summed E-state index contributed by atoms with van der Waals surface area (Å²) in [6.07, 6.45) is 3.80. The van der Waals surface area contributed by atoms with Crippen LogP contribution >= 0.6 is 0 Å². The lowest BCUT2D eigenvalue weighted by atomic mass is 10.00. The molecule has 0 bridgehead atoms. The lowest BCUT2D eigenvalue weighted by Crippen LogP contribution is -2.51. The fraction of sp³-hybridized carbons (Fsp3) is 0.625. The molecule has 0 unspecified atom stereocenters. The van der Waals surface area contributed by atoms with Crippen molar-refractivity contribution in [2.24, 2.45) is 5.92 Å². The number of rotatable bonds is 7. The highest BCUT2D eigenvalue weighted by Crippen LogP contribution is 2.27. The predicted octanol–water partition coefficient (Wildman–Crippen LogP) is 2.50. The molecule has 0 saturated carbocycles. The number of aliphatic hydroxyl groups is 1. The number of pyridine rings is 1. The van der Waals surface area contributed by atoms with Crippen LogP contribution in [-0.4, -0.2) is 77.3 Å². The van der Waals surface area contributed by atoms with Gasteiger partial charge in [-0.3, -0.25) is 4.79 Å². The van der Waals surface area contributed by atoms with Crippen molar-refractivity contribution in [2.45, 2.75) is 59.1 Å². The number of fused-ring (bicyclic) bond motifs is 1. The average molecular weight is 445 g/mol. The maximum Gasteiger partial charge on any atom is 0.317 e. The SMILES string of the molecule is CCCC#Cc1cnc2c(c1)C(=O)N([C@@H](C)CO)C[C@@H](C)[C@@H](CN(C)C(=O)NCCC)O2. The number of carbonyl (C=O) groups is 2. The monoisotopic (exact) mass is 444 g/mol. The van der Waals surface area contributed by atoms with Gasteiger partial charge in [-0.25, -0.2) is 9.78 Å². The number of hydrogen-bond acceptors (Lipinski definition) is 5. The zero-order valence-electron chi connectivity index (χ0n) is 19.9. The molecule has 8 heteroatoms. The number of carbonyl (C=O) groups excluding carboxylic acids is 2. The molecule has 1 aliphatic heterocycles. The smallest absolute Gasteiger partial charge is 0.317 e. The molecule has 2 heterocycles. The van der Waals surface area contributed by atoms with Crippen LogP contribution in [-0.2, 0) is 0 Å². The lowest BCUT2D eigenvalue weighted by molar-refractivity contribution is 0.0352. The first-order chi connectivity index (χ1) is 15.3. The molecule has 3 amide bonds. The van der Waals surface area contributed by atoms with Gasteiger partial charge in [0.15, 0.2) is 0 Å². The van der Waals surface area contributed by atoms with Crippen LogP contribution < -0.4 is 10.1 Å². The minimum absolute atomic E-state index is 0.0895. The zero-order chi connectivity index (χ0) is 23.7. The summed E-state index contributed by atoms with van der Waals surface area (Å²) in [5.41, 5.74) is 0.968. The number of likely N-dealkylation sites (N-methyl/N-ethyl adjacent to an activating group) is 1. The minimum atomic E-state index is -0.378. The zero-order valence-corrected chi connectivity index (χ0v) is 19.9. The Morgan fingerprint density at radius 1 is 1.44 bits per heavy atom. The summed E-state index contributed by atoms with van der Waals surface area (Å²) in [6, 6.07) is 1.17. The van der Waals surface area contributed by atoms with Crippen LogP contribution in [0.15, 0.2) is 12.3 Å². The Morgan fingerprint density at radius 3 is 2.84 bits per heavy atom. The van der Waals surface area contributed by atoms with Gasteiger partial charge in [0, 0.05) is 44.2 Å². The van der Waals surface area contributed by atoms with E-state index in [-0.39, 0.29) is 42.5 Å². The van der Waals surface area contributed by atoms with Crippen LogP contribution in [0.3, 0.4) is 0 Å². The molecule has 1 aliphatic rings. The number of ether oxygens (including phenoxy) is 1. The number of hydrogen-bond donors (Lipinski definition) is 2. The number of urea groups is 1. The first kappa shape index (κ1) is 25.5. The maximum atomic E-state index is 13.3. The number of aromatic nitrogens is 1. The van der Waals surface area contributed by atoms with Crippen LogP contribution in [0.25, 0.3) is 0 Å². The Kier molecular flexibility index (Phi) is 9.79. The van der Waals surface area contributed by atoms with Crippen molar-refractivity contribution >= 4 is 11.9 Å². The quantitative estimate of drug-likeness (QED) is 0.630. The highest BCUT2D eigenvalue weighted by Gasteiger charge is 2.34. The third-order valence-corrected chi connectivity index (χ3v) is 5.46. The lowest BCUT2D eigenvalue weighted by Gasteiger charge is -2.37. The van der Waals surface area contributed by atoms with Crippen molar-refractivity contribution in [3.05, 3.63) is 23.4 Å². The summed E-state index contributed by atoms with van der Waals surface area (Å²) in [7, 11) is 1.72. The molecule has 8 nitrogen and oxygen atoms in total. The normalized spacial score (nSPS) is 18.9. The Bertz CT molecular complexity index is 848. The fourth-order valence-electron chi connectivity index (χ4n) is 3.40. The van der Waals surface area contributed by atoms with Gasteiger partial charge in [0.05, 0.1) is 19.2 Å². The summed E-state index contributed by atoms with van der Waals surface area (Å²) < 4.78 is 6.20. The van der Waals surface area contributed by atoms with Crippen molar-refractivity contribution in [3.8, 4) is 17.7 Å². The molecule has 0 radical (unpaired) electrons. The van der Waals surface area contributed by atoms with E-state index in [0.29, 0.717) is 30.8 Å². The van der Waals surface area contributed by atoms with Crippen molar-refractivity contribution in [1.82, 2.24) is 20.1 Å². The third kappa shape index (κ3) is 6.60. The topological polar surface area (TPSA) is 95.0 Å². The van der Waals surface area contributed by atoms with Gasteiger partial charge in [0.25, 0.3) is 5.91 Å². The molecule has 32 heavy (non-hydrogen) atoms. The third-order valence-electron chi connectivity index (χ3n) is 5.46. The summed E-state index contributed by atoms with van der Waals surface area (Å²) in [6.45, 7) is 9.02. The van der Waals surface area contributed by atoms with E-state index in [0.717, 1.165) is 19.3 Å². The summed E-state index contributed by atoms with van der Waals surface area (Å²) in [5, 5.41) is 12.6. The summed E-state index contributed by atoms with van der Waals surface area (Å²) in [4.78, 5) is 33.3. The van der Waals surface area contributed by atoms with E-state index in [2.05, 4.69) is 29.1 Å². The number of unbranched alkanes of at least 4 members (excludes halogenated alkanes) is 1. The highest BCUT2D eigenvalue weighted by atomic mass is 16.5. The molecule has 0 fully saturated rings. The Morgan fingerprint density at radius 2 is 2.19 bits per heavy atom. The van der Waals surface area contributed by atoms with Gasteiger partial charge in [0.2, 0.25) is 5.88 Å². The van der Waals surface area contributed by atoms with E-state index in [4.69, 9.17) is 4.74 Å². The van der Waals surface area contributed by atoms with Crippen molar-refractivity contribution in [3.63, 3.8) is 0 Å². The predicted molar refractivity (Wildman–Crippen MR) is 124 cm³/mol. The molecule has 0 aliphatic carbocycles. The number of nitrogens with one attached hydrogen (secondary N) is 1. The molecule has 1 aromatic heterocycles. The van der Waals surface area contributed by atoms with E-state index in [1.54, 1.807) is 29.1 Å². The summed E-state index contributed by atoms with van der Waals surface area (Å²) in [5.74, 6) is 6.01. The molecule has 0 saturated heterocycles. The first-order valence-corrected chi connectivity index (χ1v) is 11.4. The van der Waals surface area contributed by atoms with E-state index in [9.17, 15) is 14.7 Å². The first-order valence-electron chi connectivity index (χ1n) is 11.4. The Balaban J connectivity index is 2.38. The van der Waals surface area contributed by atoms with Gasteiger partial charge in [-0.05, 0) is 25.8 Å². The van der Waals surface area contributed by atoms with Crippen molar-refractivity contribution in [1.29, 1.82) is 0 Å². The van der Waals surface area contributed by atoms with E-state index in [1.165, 1.54) is 0 Å². The minimum Gasteiger partial charge on any atom is -0.472 e. The molecule has 3 atom stereocenters. The van der Waals surface area contributed by atoms with Gasteiger partial charge in [-0.15, -0.1) is 0 Å². The molecule has 2 N–H and O–H groups in total. The van der Waals surface area contributed by atoms with Crippen LogP contribution in [0.5, 0.6) is 5.88 Å². The van der Waals surface area contributed by atoms with Crippen molar-refractivity contribution < 1.29 is 19.4 Å². The number of amides is 3. The largest absolute Gasteiger partial charge is 0.472 e. The van der Waals surface area contributed by atoms with Crippen LogP contribution in [0.2, 0.25) is 0 Å². The molecular weight excluding hydrogens is 408 g/mol. The molecule has 176 valence electrons. The van der Waals surface area contributed by atoms with Gasteiger partial charge in [-0.2, -0.15) is 0 Å². The van der Waals surface area contributed by atoms with Gasteiger partial charge >= 0.3 is 6.03 Å². The number of aliphatic hydroxyl groups excluding tert-OH is 1. The van der Waals surface area contributed by atoms with Gasteiger partial charge < -0.3 is 25.0 Å². The number of nitrogens with zero attached hydrogens (tertiary/aromatic N) is 3. The second-order valence-corrected chi connectivity index (χ2v) is 8.36. The molecule has 1 aromatic rings. The Labute approximate surface area is 191 Å². The maximum absolute atomic E-state index is 13.3. The molecule has 0 aromatic carbocycles. The molecule has 2 rings (SSSR count). The van der Waals surface area contributed by atoms with Crippen LogP contribution in [0, 0.1) is 17.8 Å². The second kappa shape index (κ2) is 12.3. The van der Waals surface area contributed by atoms with E-state index < -0.39 is 0 Å². The standard InChI is InChI=1S/C24H36N4O4/c1-6-8-9-10-19-12-20-22(26-13-19)32-21(15-27(5)24(31)25-11-7-2)17(3)14-28(23(20)30)18(4)16-29/h12-13,17-18,21,29H,6-8,11,14-16H2,1-5H3,(H,25,31)/t17-,18+,21-/m1/s1. The highest BCUT2D eigenvalue weighted by molar-refractivity contribution is 5.97. The molecular formula is C24H36N4O4. The van der Waals surface area contributed by atoms with Crippen LogP contribution in [0.1, 0.15) is 62.9 Å². The van der Waals surface area contributed by atoms with Crippen molar-refractivity contribution in [2.75, 3.05) is 33.3 Å².